The predicted molar refractivity (Wildman–Crippen MR) is 35.3 cm³/mol. The van der Waals surface area contributed by atoms with Crippen molar-refractivity contribution in [3.8, 4) is 0 Å². The molecular formula is C6H13NO2. The Kier molecular flexibility index (Phi) is 2.49. The molecule has 1 amide bonds. The number of amides is 1. The van der Waals surface area contributed by atoms with Gasteiger partial charge in [0.25, 0.3) is 0 Å². The van der Waals surface area contributed by atoms with Crippen LogP contribution in [0.2, 0.25) is 0 Å². The zero-order valence-electron chi connectivity index (χ0n) is 6.32. The fourth-order valence-electron chi connectivity index (χ4n) is 0.357. The predicted octanol–water partition coefficient (Wildman–Crippen LogP) is 1.14. The van der Waals surface area contributed by atoms with Gasteiger partial charge in [0.05, 0.1) is 7.11 Å². The third-order valence-electron chi connectivity index (χ3n) is 0.662. The van der Waals surface area contributed by atoms with Gasteiger partial charge in [0, 0.05) is 5.54 Å². The van der Waals surface area contributed by atoms with Crippen LogP contribution in [0, 0.1) is 0 Å². The molecule has 0 aliphatic rings. The summed E-state index contributed by atoms with van der Waals surface area (Å²) in [7, 11) is 1.35. The number of nitrogens with one attached hydrogen (secondary N) is 1. The van der Waals surface area contributed by atoms with Crippen LogP contribution in [-0.4, -0.2) is 18.7 Å². The van der Waals surface area contributed by atoms with E-state index in [1.807, 2.05) is 20.8 Å². The number of alkyl carbamates (subject to hydrolysis) is 1. The van der Waals surface area contributed by atoms with E-state index < -0.39 is 0 Å². The Morgan fingerprint density at radius 3 is 2.00 bits per heavy atom. The monoisotopic (exact) mass is 131 g/mol. The van der Waals surface area contributed by atoms with Gasteiger partial charge in [-0.05, 0) is 20.8 Å². The van der Waals surface area contributed by atoms with Crippen LogP contribution in [0.1, 0.15) is 20.8 Å². The van der Waals surface area contributed by atoms with Crippen LogP contribution >= 0.6 is 0 Å². The molecule has 0 spiro atoms. The molecule has 0 atom stereocenters. The molecule has 0 unspecified atom stereocenters. The molecule has 0 bridgehead atoms. The van der Waals surface area contributed by atoms with Crippen LogP contribution in [-0.2, 0) is 4.74 Å². The average molecular weight is 131 g/mol. The van der Waals surface area contributed by atoms with Gasteiger partial charge in [-0.3, -0.25) is 0 Å². The number of carbonyl (C=O) groups is 1. The highest BCUT2D eigenvalue weighted by molar-refractivity contribution is 5.67. The van der Waals surface area contributed by atoms with E-state index in [9.17, 15) is 4.79 Å². The number of carbonyl (C=O) groups excluding carboxylic acids is 1. The van der Waals surface area contributed by atoms with Crippen molar-refractivity contribution in [2.24, 2.45) is 0 Å². The molecule has 0 aromatic rings. The second kappa shape index (κ2) is 2.71. The van der Waals surface area contributed by atoms with E-state index in [-0.39, 0.29) is 11.6 Å². The van der Waals surface area contributed by atoms with E-state index in [1.165, 1.54) is 7.11 Å². The maximum absolute atomic E-state index is 10.5. The quantitative estimate of drug-likeness (QED) is 0.535. The van der Waals surface area contributed by atoms with E-state index >= 15 is 0 Å². The Hall–Kier alpha value is -0.730. The maximum Gasteiger partial charge on any atom is 0.407 e. The zero-order chi connectivity index (χ0) is 7.49. The Bertz CT molecular complexity index is 104. The van der Waals surface area contributed by atoms with Crippen molar-refractivity contribution in [3.05, 3.63) is 0 Å². The van der Waals surface area contributed by atoms with Crippen molar-refractivity contribution in [1.29, 1.82) is 0 Å². The maximum atomic E-state index is 10.5. The van der Waals surface area contributed by atoms with Crippen LogP contribution in [0.5, 0.6) is 0 Å². The number of hydrogen-bond acceptors (Lipinski definition) is 2. The second-order valence-corrected chi connectivity index (χ2v) is 2.87. The largest absolute Gasteiger partial charge is 0.453 e. The molecular weight excluding hydrogens is 118 g/mol. The number of ether oxygens (including phenoxy) is 1. The minimum absolute atomic E-state index is 0.201. The average Bonchev–Trinajstić information content (AvgIpc) is 1.62. The molecule has 3 nitrogen and oxygen atoms in total. The Balaban J connectivity index is 3.60. The lowest BCUT2D eigenvalue weighted by Gasteiger charge is -2.18. The summed E-state index contributed by atoms with van der Waals surface area (Å²) in [5.74, 6) is 0. The van der Waals surface area contributed by atoms with Crippen LogP contribution in [0.15, 0.2) is 0 Å². The summed E-state index contributed by atoms with van der Waals surface area (Å²) in [4.78, 5) is 10.5. The normalized spacial score (nSPS) is 10.7. The first-order chi connectivity index (χ1) is 3.95. The van der Waals surface area contributed by atoms with Crippen LogP contribution in [0.3, 0.4) is 0 Å². The first-order valence-corrected chi connectivity index (χ1v) is 2.82. The van der Waals surface area contributed by atoms with Gasteiger partial charge >= 0.3 is 6.09 Å². The first kappa shape index (κ1) is 8.27. The topological polar surface area (TPSA) is 38.3 Å². The smallest absolute Gasteiger partial charge is 0.407 e. The summed E-state index contributed by atoms with van der Waals surface area (Å²) in [6.45, 7) is 5.68. The summed E-state index contributed by atoms with van der Waals surface area (Å²) >= 11 is 0. The molecule has 0 aromatic heterocycles. The fraction of sp³-hybridized carbons (Fsp3) is 0.833. The van der Waals surface area contributed by atoms with Crippen molar-refractivity contribution in [2.45, 2.75) is 26.3 Å². The van der Waals surface area contributed by atoms with E-state index in [4.69, 9.17) is 0 Å². The van der Waals surface area contributed by atoms with Crippen molar-refractivity contribution >= 4 is 6.09 Å². The van der Waals surface area contributed by atoms with Gasteiger partial charge in [-0.1, -0.05) is 0 Å². The van der Waals surface area contributed by atoms with E-state index in [0.717, 1.165) is 0 Å². The Morgan fingerprint density at radius 2 is 1.89 bits per heavy atom. The molecule has 0 radical (unpaired) electrons. The number of hydrogen-bond donors (Lipinski definition) is 1. The minimum Gasteiger partial charge on any atom is -0.453 e. The van der Waals surface area contributed by atoms with Crippen molar-refractivity contribution in [1.82, 2.24) is 5.32 Å². The lowest BCUT2D eigenvalue weighted by atomic mass is 10.1. The molecule has 3 heteroatoms. The lowest BCUT2D eigenvalue weighted by Crippen LogP contribution is -2.40. The summed E-state index contributed by atoms with van der Waals surface area (Å²) in [5, 5.41) is 2.61. The minimum atomic E-state index is -0.387. The van der Waals surface area contributed by atoms with Gasteiger partial charge in [0.1, 0.15) is 0 Å². The van der Waals surface area contributed by atoms with Crippen LogP contribution in [0.4, 0.5) is 4.79 Å². The van der Waals surface area contributed by atoms with Gasteiger partial charge in [-0.15, -0.1) is 0 Å². The molecule has 54 valence electrons. The van der Waals surface area contributed by atoms with Gasteiger partial charge in [-0.25, -0.2) is 4.79 Å². The van der Waals surface area contributed by atoms with Gasteiger partial charge in [0.15, 0.2) is 0 Å². The summed E-state index contributed by atoms with van der Waals surface area (Å²) in [6, 6.07) is 0. The second-order valence-electron chi connectivity index (χ2n) is 2.87. The SMILES string of the molecule is COC(=O)NC(C)(C)C. The van der Waals surface area contributed by atoms with Crippen molar-refractivity contribution in [2.75, 3.05) is 7.11 Å². The Morgan fingerprint density at radius 1 is 1.44 bits per heavy atom. The van der Waals surface area contributed by atoms with E-state index in [2.05, 4.69) is 10.1 Å². The molecule has 0 aliphatic heterocycles. The summed E-state index contributed by atoms with van der Waals surface area (Å²) < 4.78 is 4.38. The molecule has 0 saturated carbocycles. The van der Waals surface area contributed by atoms with Crippen molar-refractivity contribution in [3.63, 3.8) is 0 Å². The van der Waals surface area contributed by atoms with E-state index in [0.29, 0.717) is 0 Å². The standard InChI is InChI=1S/C6H13NO2/c1-6(2,3)7-5(8)9-4/h1-4H3,(H,7,8). The zero-order valence-corrected chi connectivity index (χ0v) is 6.32. The fourth-order valence-corrected chi connectivity index (χ4v) is 0.357. The lowest BCUT2D eigenvalue weighted by molar-refractivity contribution is 0.161. The Labute approximate surface area is 55.4 Å². The molecule has 0 aliphatic carbocycles. The van der Waals surface area contributed by atoms with Gasteiger partial charge in [-0.2, -0.15) is 0 Å². The van der Waals surface area contributed by atoms with Gasteiger partial charge < -0.3 is 10.1 Å². The molecule has 0 rings (SSSR count). The highest BCUT2D eigenvalue weighted by atomic mass is 16.5. The highest BCUT2D eigenvalue weighted by Crippen LogP contribution is 1.97. The molecule has 0 aromatic carbocycles. The molecule has 9 heavy (non-hydrogen) atoms. The van der Waals surface area contributed by atoms with Crippen LogP contribution < -0.4 is 5.32 Å². The van der Waals surface area contributed by atoms with Crippen LogP contribution in [0.25, 0.3) is 0 Å². The molecule has 0 heterocycles. The molecule has 1 N–H and O–H groups in total. The third kappa shape index (κ3) is 5.14. The van der Waals surface area contributed by atoms with Gasteiger partial charge in [0.2, 0.25) is 0 Å². The third-order valence-corrected chi connectivity index (χ3v) is 0.662. The van der Waals surface area contributed by atoms with E-state index in [1.54, 1.807) is 0 Å². The number of methoxy groups -OCH3 is 1. The summed E-state index contributed by atoms with van der Waals surface area (Å²) in [5.41, 5.74) is -0.201. The first-order valence-electron chi connectivity index (χ1n) is 2.82. The van der Waals surface area contributed by atoms with Crippen molar-refractivity contribution < 1.29 is 9.53 Å². The molecule has 0 saturated heterocycles. The number of rotatable bonds is 0. The molecule has 0 fully saturated rings. The highest BCUT2D eigenvalue weighted by Gasteiger charge is 2.12. The summed E-state index contributed by atoms with van der Waals surface area (Å²) in [6.07, 6.45) is -0.387.